The summed E-state index contributed by atoms with van der Waals surface area (Å²) in [6, 6.07) is 4.18. The number of rotatable bonds is 4. The molecule has 1 aromatic heterocycles. The molecule has 4 nitrogen and oxygen atoms in total. The number of nitrogens with one attached hydrogen (secondary N) is 1. The quantitative estimate of drug-likeness (QED) is 0.921. The van der Waals surface area contributed by atoms with E-state index in [1.54, 1.807) is 0 Å². The Morgan fingerprint density at radius 1 is 1.42 bits per heavy atom. The van der Waals surface area contributed by atoms with E-state index in [1.807, 2.05) is 6.92 Å². The molecule has 0 unspecified atom stereocenters. The number of hydrogen-bond acceptors (Lipinski definition) is 3. The number of halogens is 1. The molecule has 1 heterocycles. The van der Waals surface area contributed by atoms with Gasteiger partial charge in [-0.2, -0.15) is 0 Å². The van der Waals surface area contributed by atoms with Crippen LogP contribution < -0.4 is 10.3 Å². The van der Waals surface area contributed by atoms with Crippen LogP contribution in [0.3, 0.4) is 0 Å². The lowest BCUT2D eigenvalue weighted by Crippen LogP contribution is -2.15. The van der Waals surface area contributed by atoms with E-state index in [2.05, 4.69) is 9.97 Å². The first-order valence-electron chi connectivity index (χ1n) is 6.07. The van der Waals surface area contributed by atoms with Crippen molar-refractivity contribution >= 4 is 0 Å². The smallest absolute Gasteiger partial charge is 0.254 e. The molecule has 0 saturated heterocycles. The average Bonchev–Trinajstić information content (AvgIpc) is 2.41. The van der Waals surface area contributed by atoms with Gasteiger partial charge >= 0.3 is 0 Å². The van der Waals surface area contributed by atoms with Crippen molar-refractivity contribution in [3.63, 3.8) is 0 Å². The van der Waals surface area contributed by atoms with Gasteiger partial charge in [0.15, 0.2) is 0 Å². The highest BCUT2D eigenvalue weighted by Gasteiger charge is 2.15. The molecule has 0 aliphatic carbocycles. The summed E-state index contributed by atoms with van der Waals surface area (Å²) in [7, 11) is 1.50. The van der Waals surface area contributed by atoms with Crippen molar-refractivity contribution in [3.8, 4) is 17.0 Å². The fourth-order valence-electron chi connectivity index (χ4n) is 2.01. The number of benzene rings is 1. The van der Waals surface area contributed by atoms with Gasteiger partial charge in [0.25, 0.3) is 5.56 Å². The lowest BCUT2D eigenvalue weighted by atomic mass is 10.0. The molecule has 0 spiro atoms. The van der Waals surface area contributed by atoms with Crippen molar-refractivity contribution < 1.29 is 9.13 Å². The summed E-state index contributed by atoms with van der Waals surface area (Å²) in [5.41, 5.74) is 1.33. The number of ether oxygens (including phenoxy) is 1. The maximum absolute atomic E-state index is 13.4. The van der Waals surface area contributed by atoms with Crippen LogP contribution in [-0.4, -0.2) is 17.1 Å². The fourth-order valence-corrected chi connectivity index (χ4v) is 2.01. The minimum absolute atomic E-state index is 0.196. The lowest BCUT2D eigenvalue weighted by molar-refractivity contribution is 0.415. The van der Waals surface area contributed by atoms with Crippen molar-refractivity contribution in [2.24, 2.45) is 0 Å². The highest BCUT2D eigenvalue weighted by Crippen LogP contribution is 2.30. The second kappa shape index (κ2) is 5.65. The minimum Gasteiger partial charge on any atom is -0.496 e. The van der Waals surface area contributed by atoms with Crippen molar-refractivity contribution in [2.75, 3.05) is 7.11 Å². The molecule has 19 heavy (non-hydrogen) atoms. The Balaban J connectivity index is 2.68. The molecule has 0 radical (unpaired) electrons. The molecule has 0 atom stereocenters. The Labute approximate surface area is 110 Å². The maximum atomic E-state index is 13.4. The molecule has 0 fully saturated rings. The maximum Gasteiger partial charge on any atom is 0.254 e. The second-order valence-electron chi connectivity index (χ2n) is 4.15. The first-order chi connectivity index (χ1) is 9.17. The van der Waals surface area contributed by atoms with Gasteiger partial charge in [-0.15, -0.1) is 0 Å². The summed E-state index contributed by atoms with van der Waals surface area (Å²) in [6.45, 7) is 1.97. The van der Waals surface area contributed by atoms with E-state index < -0.39 is 0 Å². The van der Waals surface area contributed by atoms with Gasteiger partial charge in [-0.3, -0.25) is 4.79 Å². The highest BCUT2D eigenvalue weighted by atomic mass is 19.1. The molecule has 2 rings (SSSR count). The topological polar surface area (TPSA) is 55.0 Å². The van der Waals surface area contributed by atoms with Crippen LogP contribution >= 0.6 is 0 Å². The van der Waals surface area contributed by atoms with Crippen LogP contribution in [0.5, 0.6) is 5.75 Å². The van der Waals surface area contributed by atoms with Gasteiger partial charge in [-0.1, -0.05) is 13.3 Å². The number of nitrogens with zero attached hydrogens (tertiary/aromatic N) is 1. The molecule has 0 aliphatic heterocycles. The summed E-state index contributed by atoms with van der Waals surface area (Å²) in [5, 5.41) is 0. The van der Waals surface area contributed by atoms with Crippen LogP contribution in [0.25, 0.3) is 11.3 Å². The Bertz CT molecular complexity index is 638. The van der Waals surface area contributed by atoms with Crippen molar-refractivity contribution in [1.82, 2.24) is 9.97 Å². The largest absolute Gasteiger partial charge is 0.496 e. The first kappa shape index (κ1) is 13.3. The van der Waals surface area contributed by atoms with E-state index in [0.29, 0.717) is 29.0 Å². The summed E-state index contributed by atoms with van der Waals surface area (Å²) >= 11 is 0. The fraction of sp³-hybridized carbons (Fsp3) is 0.286. The van der Waals surface area contributed by atoms with E-state index in [-0.39, 0.29) is 11.4 Å². The standard InChI is InChI=1S/C14H15FN2O2/c1-3-4-10-13(16-8-17-14(10)18)11-7-9(15)5-6-12(11)19-2/h5-8H,3-4H2,1-2H3,(H,16,17,18). The van der Waals surface area contributed by atoms with E-state index in [4.69, 9.17) is 4.74 Å². The average molecular weight is 262 g/mol. The number of aromatic nitrogens is 2. The van der Waals surface area contributed by atoms with E-state index in [9.17, 15) is 9.18 Å². The highest BCUT2D eigenvalue weighted by molar-refractivity contribution is 5.69. The van der Waals surface area contributed by atoms with Crippen LogP contribution in [-0.2, 0) is 6.42 Å². The van der Waals surface area contributed by atoms with Crippen molar-refractivity contribution in [3.05, 3.63) is 46.3 Å². The number of H-pyrrole nitrogens is 1. The normalized spacial score (nSPS) is 10.5. The SMILES string of the molecule is CCCc1c(-c2cc(F)ccc2OC)nc[nH]c1=O. The monoisotopic (exact) mass is 262 g/mol. The van der Waals surface area contributed by atoms with Crippen LogP contribution in [0.4, 0.5) is 4.39 Å². The summed E-state index contributed by atoms with van der Waals surface area (Å²) in [5.74, 6) is 0.109. The number of aromatic amines is 1. The third-order valence-corrected chi connectivity index (χ3v) is 2.87. The number of hydrogen-bond donors (Lipinski definition) is 1. The molecule has 0 amide bonds. The van der Waals surface area contributed by atoms with Gasteiger partial charge in [0.05, 0.1) is 19.1 Å². The minimum atomic E-state index is -0.389. The Morgan fingerprint density at radius 2 is 2.21 bits per heavy atom. The van der Waals surface area contributed by atoms with Gasteiger partial charge < -0.3 is 9.72 Å². The zero-order chi connectivity index (χ0) is 13.8. The lowest BCUT2D eigenvalue weighted by Gasteiger charge is -2.11. The van der Waals surface area contributed by atoms with Crippen molar-refractivity contribution in [1.29, 1.82) is 0 Å². The summed E-state index contributed by atoms with van der Waals surface area (Å²) in [4.78, 5) is 18.6. The van der Waals surface area contributed by atoms with Gasteiger partial charge in [-0.05, 0) is 24.6 Å². The van der Waals surface area contributed by atoms with Gasteiger partial charge in [0.2, 0.25) is 0 Å². The molecule has 0 bridgehead atoms. The molecule has 0 saturated carbocycles. The van der Waals surface area contributed by atoms with E-state index >= 15 is 0 Å². The first-order valence-corrected chi connectivity index (χ1v) is 6.07. The van der Waals surface area contributed by atoms with E-state index in [1.165, 1.54) is 31.6 Å². The molecule has 5 heteroatoms. The van der Waals surface area contributed by atoms with Crippen LogP contribution in [0.1, 0.15) is 18.9 Å². The zero-order valence-electron chi connectivity index (χ0n) is 10.9. The molecule has 0 aliphatic rings. The van der Waals surface area contributed by atoms with Crippen LogP contribution in [0, 0.1) is 5.82 Å². The van der Waals surface area contributed by atoms with Gasteiger partial charge in [-0.25, -0.2) is 9.37 Å². The predicted molar refractivity (Wildman–Crippen MR) is 70.8 cm³/mol. The van der Waals surface area contributed by atoms with E-state index in [0.717, 1.165) is 6.42 Å². The molecule has 1 aromatic carbocycles. The molecular formula is C14H15FN2O2. The zero-order valence-corrected chi connectivity index (χ0v) is 10.9. The predicted octanol–water partition coefficient (Wildman–Crippen LogP) is 2.54. The molecule has 2 aromatic rings. The second-order valence-corrected chi connectivity index (χ2v) is 4.15. The van der Waals surface area contributed by atoms with Crippen LogP contribution in [0.15, 0.2) is 29.3 Å². The Kier molecular flexibility index (Phi) is 3.94. The van der Waals surface area contributed by atoms with Crippen LogP contribution in [0.2, 0.25) is 0 Å². The molecule has 1 N–H and O–H groups in total. The molecule has 100 valence electrons. The molecular weight excluding hydrogens is 247 g/mol. The Hall–Kier alpha value is -2.17. The third-order valence-electron chi connectivity index (χ3n) is 2.87. The third kappa shape index (κ3) is 2.65. The number of methoxy groups -OCH3 is 1. The van der Waals surface area contributed by atoms with Gasteiger partial charge in [0.1, 0.15) is 11.6 Å². The summed E-state index contributed by atoms with van der Waals surface area (Å²) < 4.78 is 18.6. The van der Waals surface area contributed by atoms with Crippen molar-refractivity contribution in [2.45, 2.75) is 19.8 Å². The van der Waals surface area contributed by atoms with Gasteiger partial charge in [0, 0.05) is 11.1 Å². The Morgan fingerprint density at radius 3 is 2.89 bits per heavy atom. The summed E-state index contributed by atoms with van der Waals surface area (Å²) in [6.07, 6.45) is 2.71.